The van der Waals surface area contributed by atoms with Crippen LogP contribution in [0.5, 0.6) is 11.5 Å². The first-order valence-corrected chi connectivity index (χ1v) is 12.3. The summed E-state index contributed by atoms with van der Waals surface area (Å²) in [7, 11) is 0. The molecule has 0 aliphatic rings. The van der Waals surface area contributed by atoms with Gasteiger partial charge in [-0.3, -0.25) is 14.4 Å². The van der Waals surface area contributed by atoms with Crippen molar-refractivity contribution in [2.75, 3.05) is 17.2 Å². The Morgan fingerprint density at radius 1 is 0.750 bits per heavy atom. The van der Waals surface area contributed by atoms with Crippen molar-refractivity contribution in [1.29, 1.82) is 0 Å². The highest BCUT2D eigenvalue weighted by atomic mass is 79.9. The third-order valence-electron chi connectivity index (χ3n) is 5.27. The monoisotopic (exact) mass is 552 g/mol. The zero-order valence-corrected chi connectivity index (χ0v) is 22.3. The summed E-state index contributed by atoms with van der Waals surface area (Å²) >= 11 is 3.44. The molecular formula is C28H29BrN2O5. The van der Waals surface area contributed by atoms with Crippen molar-refractivity contribution in [1.82, 2.24) is 0 Å². The number of aryl methyl sites for hydroxylation is 4. The largest absolute Gasteiger partial charge is 0.457 e. The van der Waals surface area contributed by atoms with E-state index in [1.54, 1.807) is 24.3 Å². The number of carbonyl (C=O) groups excluding carboxylic acids is 3. The summed E-state index contributed by atoms with van der Waals surface area (Å²) in [4.78, 5) is 36.3. The lowest BCUT2D eigenvalue weighted by atomic mass is 10.1. The molecule has 0 heterocycles. The summed E-state index contributed by atoms with van der Waals surface area (Å²) in [6.07, 6.45) is -0.199. The minimum absolute atomic E-state index is 0.0632. The molecule has 3 aromatic carbocycles. The van der Waals surface area contributed by atoms with Gasteiger partial charge in [0.2, 0.25) is 5.91 Å². The van der Waals surface area contributed by atoms with E-state index in [0.717, 1.165) is 32.5 Å². The Kier molecular flexibility index (Phi) is 9.25. The van der Waals surface area contributed by atoms with E-state index < -0.39 is 18.5 Å². The van der Waals surface area contributed by atoms with Gasteiger partial charge in [-0.25, -0.2) is 0 Å². The first-order valence-electron chi connectivity index (χ1n) is 11.5. The number of carbonyl (C=O) groups is 3. The van der Waals surface area contributed by atoms with E-state index in [-0.39, 0.29) is 18.7 Å². The molecule has 0 saturated carbocycles. The SMILES string of the molecule is Cc1cc(C)cc(Oc2ccc(NC(=O)CCC(=O)OCC(=O)Nc3cc(C)c(Br)cc3C)cc2)c1. The lowest BCUT2D eigenvalue weighted by Crippen LogP contribution is -2.22. The van der Waals surface area contributed by atoms with Gasteiger partial charge in [0.15, 0.2) is 6.61 Å². The molecule has 2 N–H and O–H groups in total. The summed E-state index contributed by atoms with van der Waals surface area (Å²) in [6, 6.07) is 16.7. The van der Waals surface area contributed by atoms with Gasteiger partial charge in [0.1, 0.15) is 11.5 Å². The molecule has 3 rings (SSSR count). The van der Waals surface area contributed by atoms with Crippen LogP contribution < -0.4 is 15.4 Å². The highest BCUT2D eigenvalue weighted by Crippen LogP contribution is 2.26. The van der Waals surface area contributed by atoms with Crippen molar-refractivity contribution in [3.63, 3.8) is 0 Å². The normalized spacial score (nSPS) is 10.5. The predicted molar refractivity (Wildman–Crippen MR) is 144 cm³/mol. The molecule has 7 nitrogen and oxygen atoms in total. The molecule has 36 heavy (non-hydrogen) atoms. The minimum Gasteiger partial charge on any atom is -0.457 e. The molecule has 8 heteroatoms. The fraction of sp³-hybridized carbons (Fsp3) is 0.250. The van der Waals surface area contributed by atoms with Crippen molar-refractivity contribution >= 4 is 45.1 Å². The van der Waals surface area contributed by atoms with E-state index in [9.17, 15) is 14.4 Å². The van der Waals surface area contributed by atoms with Crippen molar-refractivity contribution in [2.45, 2.75) is 40.5 Å². The number of rotatable bonds is 9. The van der Waals surface area contributed by atoms with Gasteiger partial charge in [-0.1, -0.05) is 22.0 Å². The lowest BCUT2D eigenvalue weighted by Gasteiger charge is -2.11. The number of hydrogen-bond acceptors (Lipinski definition) is 5. The number of esters is 1. The number of halogens is 1. The Hall–Kier alpha value is -3.65. The molecule has 3 aromatic rings. The number of nitrogens with one attached hydrogen (secondary N) is 2. The minimum atomic E-state index is -0.624. The second kappa shape index (κ2) is 12.4. The number of hydrogen-bond donors (Lipinski definition) is 2. The van der Waals surface area contributed by atoms with Crippen LogP contribution in [-0.4, -0.2) is 24.4 Å². The van der Waals surface area contributed by atoms with Gasteiger partial charge in [0.25, 0.3) is 5.91 Å². The zero-order valence-electron chi connectivity index (χ0n) is 20.7. The number of anilines is 2. The second-order valence-corrected chi connectivity index (χ2v) is 9.48. The number of ether oxygens (including phenoxy) is 2. The van der Waals surface area contributed by atoms with Crippen LogP contribution in [0.2, 0.25) is 0 Å². The van der Waals surface area contributed by atoms with Crippen molar-refractivity contribution < 1.29 is 23.9 Å². The average Bonchev–Trinajstić information content (AvgIpc) is 2.80. The summed E-state index contributed by atoms with van der Waals surface area (Å²) in [5.41, 5.74) is 5.32. The van der Waals surface area contributed by atoms with Crippen LogP contribution >= 0.6 is 15.9 Å². The Balaban J connectivity index is 1.40. The van der Waals surface area contributed by atoms with Crippen LogP contribution in [-0.2, 0) is 19.1 Å². The molecule has 0 fully saturated rings. The first kappa shape index (κ1) is 26.9. The first-order chi connectivity index (χ1) is 17.1. The Bertz CT molecular complexity index is 1250. The molecule has 2 amide bonds. The third kappa shape index (κ3) is 8.23. The summed E-state index contributed by atoms with van der Waals surface area (Å²) in [6.45, 7) is 7.38. The molecule has 0 unspecified atom stereocenters. The topological polar surface area (TPSA) is 93.7 Å². The smallest absolute Gasteiger partial charge is 0.306 e. The quantitative estimate of drug-likeness (QED) is 0.300. The molecule has 0 aliphatic carbocycles. The van der Waals surface area contributed by atoms with Gasteiger partial charge < -0.3 is 20.1 Å². The molecule has 0 radical (unpaired) electrons. The summed E-state index contributed by atoms with van der Waals surface area (Å²) < 4.78 is 11.8. The summed E-state index contributed by atoms with van der Waals surface area (Å²) in [5.74, 6) is -0.00536. The highest BCUT2D eigenvalue weighted by Gasteiger charge is 2.12. The lowest BCUT2D eigenvalue weighted by molar-refractivity contribution is -0.147. The second-order valence-electron chi connectivity index (χ2n) is 8.62. The van der Waals surface area contributed by atoms with Gasteiger partial charge in [-0.2, -0.15) is 0 Å². The molecule has 0 bridgehead atoms. The van der Waals surface area contributed by atoms with Crippen LogP contribution in [0.3, 0.4) is 0 Å². The maximum Gasteiger partial charge on any atom is 0.306 e. The van der Waals surface area contributed by atoms with Crippen molar-refractivity contribution in [2.24, 2.45) is 0 Å². The molecule has 0 aliphatic heterocycles. The standard InChI is InChI=1S/C28H29BrN2O5/c1-17-11-18(2)13-23(12-17)36-22-7-5-21(6-8-22)30-26(32)9-10-28(34)35-16-27(33)31-25-15-19(3)24(29)14-20(25)4/h5-8,11-15H,9-10,16H2,1-4H3,(H,30,32)(H,31,33). The predicted octanol–water partition coefficient (Wildman–Crippen LogP) is 6.38. The number of amides is 2. The van der Waals surface area contributed by atoms with E-state index in [4.69, 9.17) is 9.47 Å². The van der Waals surface area contributed by atoms with E-state index >= 15 is 0 Å². The van der Waals surface area contributed by atoms with Crippen LogP contribution in [0.15, 0.2) is 59.1 Å². The summed E-state index contributed by atoms with van der Waals surface area (Å²) in [5, 5.41) is 5.46. The maximum absolute atomic E-state index is 12.2. The average molecular weight is 553 g/mol. The van der Waals surface area contributed by atoms with Gasteiger partial charge in [-0.05, 0) is 98.5 Å². The Morgan fingerprint density at radius 2 is 1.42 bits per heavy atom. The molecule has 0 atom stereocenters. The third-order valence-corrected chi connectivity index (χ3v) is 6.12. The molecule has 188 valence electrons. The van der Waals surface area contributed by atoms with Gasteiger partial charge in [0, 0.05) is 22.3 Å². The van der Waals surface area contributed by atoms with Gasteiger partial charge in [0.05, 0.1) is 6.42 Å². The van der Waals surface area contributed by atoms with E-state index in [1.807, 2.05) is 52.0 Å². The van der Waals surface area contributed by atoms with Gasteiger partial charge in [-0.15, -0.1) is 0 Å². The van der Waals surface area contributed by atoms with Crippen LogP contribution in [0, 0.1) is 27.7 Å². The Labute approximate surface area is 219 Å². The fourth-order valence-electron chi connectivity index (χ4n) is 3.49. The van der Waals surface area contributed by atoms with Crippen LogP contribution in [0.1, 0.15) is 35.1 Å². The van der Waals surface area contributed by atoms with Crippen LogP contribution in [0.25, 0.3) is 0 Å². The van der Waals surface area contributed by atoms with Crippen LogP contribution in [0.4, 0.5) is 11.4 Å². The van der Waals surface area contributed by atoms with E-state index in [0.29, 0.717) is 17.1 Å². The van der Waals surface area contributed by atoms with Gasteiger partial charge >= 0.3 is 5.97 Å². The molecular weight excluding hydrogens is 524 g/mol. The number of benzene rings is 3. The highest BCUT2D eigenvalue weighted by molar-refractivity contribution is 9.10. The maximum atomic E-state index is 12.2. The van der Waals surface area contributed by atoms with Crippen molar-refractivity contribution in [3.8, 4) is 11.5 Å². The Morgan fingerprint density at radius 3 is 2.08 bits per heavy atom. The molecule has 0 saturated heterocycles. The van der Waals surface area contributed by atoms with Crippen molar-refractivity contribution in [3.05, 3.63) is 81.3 Å². The van der Waals surface area contributed by atoms with E-state index in [1.165, 1.54) is 0 Å². The fourth-order valence-corrected chi connectivity index (χ4v) is 3.95. The van der Waals surface area contributed by atoms with E-state index in [2.05, 4.69) is 32.6 Å². The zero-order chi connectivity index (χ0) is 26.2. The molecule has 0 spiro atoms. The molecule has 0 aromatic heterocycles.